The first-order valence-electron chi connectivity index (χ1n) is 9.13. The monoisotopic (exact) mass is 284 g/mol. The van der Waals surface area contributed by atoms with Crippen LogP contribution in [0.3, 0.4) is 0 Å². The van der Waals surface area contributed by atoms with Gasteiger partial charge in [0.25, 0.3) is 0 Å². The molecule has 1 saturated carbocycles. The van der Waals surface area contributed by atoms with Crippen LogP contribution in [0.15, 0.2) is 0 Å². The number of rotatable bonds is 6. The van der Waals surface area contributed by atoms with E-state index in [2.05, 4.69) is 20.8 Å². The highest BCUT2D eigenvalue weighted by Crippen LogP contribution is 2.33. The number of ketones is 1. The van der Waals surface area contributed by atoms with Gasteiger partial charge < -0.3 is 0 Å². The molecule has 1 aliphatic carbocycles. The lowest BCUT2D eigenvalue weighted by atomic mass is 9.78. The summed E-state index contributed by atoms with van der Waals surface area (Å²) in [6.07, 6.45) is 9.66. The summed E-state index contributed by atoms with van der Waals surface area (Å²) in [5.41, 5.74) is 0. The van der Waals surface area contributed by atoms with Crippen LogP contribution in [-0.4, -0.2) is 5.78 Å². The number of hydrogen-bond donors (Lipinski definition) is 0. The van der Waals surface area contributed by atoms with E-state index < -0.39 is 0 Å². The number of Topliss-reactive ketones (excluding diaryl/α,β-unsaturated/α-hetero) is 1. The molecule has 0 amide bonds. The maximum absolute atomic E-state index is 11.6. The zero-order chi connectivity index (χ0) is 16.0. The Morgan fingerprint density at radius 2 is 1.60 bits per heavy atom. The van der Waals surface area contributed by atoms with Crippen molar-refractivity contribution in [1.29, 1.82) is 0 Å². The first-order chi connectivity index (χ1) is 9.61. The second-order valence-corrected chi connectivity index (χ2v) is 5.98. The van der Waals surface area contributed by atoms with E-state index >= 15 is 0 Å². The van der Waals surface area contributed by atoms with Crippen LogP contribution in [-0.2, 0) is 4.79 Å². The molecule has 0 aromatic carbocycles. The minimum atomic E-state index is 0.480. The van der Waals surface area contributed by atoms with Crippen LogP contribution >= 0.6 is 0 Å². The highest BCUT2D eigenvalue weighted by molar-refractivity contribution is 5.78. The molecule has 0 bridgehead atoms. The summed E-state index contributed by atoms with van der Waals surface area (Å²) in [6, 6.07) is 0. The maximum atomic E-state index is 11.6. The van der Waals surface area contributed by atoms with E-state index in [0.29, 0.717) is 11.7 Å². The van der Waals surface area contributed by atoms with Crippen molar-refractivity contribution in [2.75, 3.05) is 0 Å². The average molecular weight is 285 g/mol. The Hall–Kier alpha value is -0.330. The van der Waals surface area contributed by atoms with Gasteiger partial charge in [-0.05, 0) is 30.6 Å². The van der Waals surface area contributed by atoms with Crippen molar-refractivity contribution in [2.45, 2.75) is 99.8 Å². The van der Waals surface area contributed by atoms with E-state index in [-0.39, 0.29) is 0 Å². The molecule has 0 heterocycles. The Balaban J connectivity index is 0. The van der Waals surface area contributed by atoms with Gasteiger partial charge in [0.05, 0.1) is 0 Å². The van der Waals surface area contributed by atoms with Crippen LogP contribution in [0.25, 0.3) is 0 Å². The van der Waals surface area contributed by atoms with Gasteiger partial charge in [-0.1, -0.05) is 74.1 Å². The highest BCUT2D eigenvalue weighted by atomic mass is 16.1. The zero-order valence-corrected chi connectivity index (χ0v) is 15.3. The molecule has 122 valence electrons. The van der Waals surface area contributed by atoms with Crippen LogP contribution in [0.1, 0.15) is 99.8 Å². The topological polar surface area (TPSA) is 17.1 Å². The van der Waals surface area contributed by atoms with E-state index in [9.17, 15) is 4.79 Å². The van der Waals surface area contributed by atoms with Crippen LogP contribution < -0.4 is 0 Å². The smallest absolute Gasteiger partial charge is 0.133 e. The van der Waals surface area contributed by atoms with E-state index in [0.717, 1.165) is 31.1 Å². The van der Waals surface area contributed by atoms with Gasteiger partial charge in [0, 0.05) is 12.8 Å². The van der Waals surface area contributed by atoms with Gasteiger partial charge in [-0.2, -0.15) is 0 Å². The van der Waals surface area contributed by atoms with E-state index in [1.165, 1.54) is 32.1 Å². The fraction of sp³-hybridized carbons (Fsp3) is 0.947. The third-order valence-electron chi connectivity index (χ3n) is 3.94. The maximum Gasteiger partial charge on any atom is 0.133 e. The second-order valence-electron chi connectivity index (χ2n) is 5.98. The fourth-order valence-corrected chi connectivity index (χ4v) is 2.96. The number of hydrogen-bond acceptors (Lipinski definition) is 1. The zero-order valence-electron chi connectivity index (χ0n) is 15.3. The van der Waals surface area contributed by atoms with Crippen LogP contribution in [0, 0.1) is 17.8 Å². The summed E-state index contributed by atoms with van der Waals surface area (Å²) in [4.78, 5) is 11.6. The minimum Gasteiger partial charge on any atom is -0.300 e. The first kappa shape index (κ1) is 22.0. The van der Waals surface area contributed by atoms with Crippen molar-refractivity contribution >= 4 is 5.78 Å². The molecular formula is C19H40O. The number of carbonyl (C=O) groups excluding carboxylic acids is 1. The summed E-state index contributed by atoms with van der Waals surface area (Å²) in [5.74, 6) is 2.80. The van der Waals surface area contributed by atoms with E-state index in [1.807, 2.05) is 27.7 Å². The van der Waals surface area contributed by atoms with E-state index in [4.69, 9.17) is 0 Å². The standard InChI is InChI=1S/C15H28O.2C2H6/c1-4-13-6-5-7-14(11-13)8-9-15(16)10-12(2)3;2*1-2/h12-14H,4-11H2,1-3H3;2*1-2H3. The van der Waals surface area contributed by atoms with Gasteiger partial charge in [-0.3, -0.25) is 4.79 Å². The van der Waals surface area contributed by atoms with Crippen molar-refractivity contribution in [3.63, 3.8) is 0 Å². The summed E-state index contributed by atoms with van der Waals surface area (Å²) >= 11 is 0. The molecule has 0 radical (unpaired) electrons. The molecule has 1 heteroatoms. The van der Waals surface area contributed by atoms with Crippen molar-refractivity contribution in [3.8, 4) is 0 Å². The highest BCUT2D eigenvalue weighted by Gasteiger charge is 2.21. The Labute approximate surface area is 128 Å². The second kappa shape index (κ2) is 15.1. The predicted molar refractivity (Wildman–Crippen MR) is 92.1 cm³/mol. The average Bonchev–Trinajstić information content (AvgIpc) is 2.49. The summed E-state index contributed by atoms with van der Waals surface area (Å²) < 4.78 is 0. The summed E-state index contributed by atoms with van der Waals surface area (Å²) in [5, 5.41) is 0. The third kappa shape index (κ3) is 11.5. The van der Waals surface area contributed by atoms with Crippen molar-refractivity contribution < 1.29 is 4.79 Å². The molecule has 1 rings (SSSR count). The molecule has 0 aromatic heterocycles. The van der Waals surface area contributed by atoms with Crippen LogP contribution in [0.4, 0.5) is 0 Å². The molecule has 20 heavy (non-hydrogen) atoms. The lowest BCUT2D eigenvalue weighted by Gasteiger charge is -2.28. The lowest BCUT2D eigenvalue weighted by molar-refractivity contribution is -0.120. The molecule has 1 nitrogen and oxygen atoms in total. The third-order valence-corrected chi connectivity index (χ3v) is 3.94. The van der Waals surface area contributed by atoms with Gasteiger partial charge in [0.2, 0.25) is 0 Å². The minimum absolute atomic E-state index is 0.480. The van der Waals surface area contributed by atoms with Crippen LogP contribution in [0.2, 0.25) is 0 Å². The molecule has 0 spiro atoms. The fourth-order valence-electron chi connectivity index (χ4n) is 2.96. The van der Waals surface area contributed by atoms with Crippen LogP contribution in [0.5, 0.6) is 0 Å². The lowest BCUT2D eigenvalue weighted by Crippen LogP contribution is -2.16. The summed E-state index contributed by atoms with van der Waals surface area (Å²) in [7, 11) is 0. The van der Waals surface area contributed by atoms with E-state index in [1.54, 1.807) is 0 Å². The first-order valence-corrected chi connectivity index (χ1v) is 9.13. The molecule has 2 unspecified atom stereocenters. The Morgan fingerprint density at radius 1 is 1.05 bits per heavy atom. The number of carbonyl (C=O) groups is 1. The van der Waals surface area contributed by atoms with Gasteiger partial charge in [-0.15, -0.1) is 0 Å². The van der Waals surface area contributed by atoms with Gasteiger partial charge >= 0.3 is 0 Å². The molecule has 0 saturated heterocycles. The van der Waals surface area contributed by atoms with Gasteiger partial charge in [0.1, 0.15) is 5.78 Å². The van der Waals surface area contributed by atoms with Gasteiger partial charge in [-0.25, -0.2) is 0 Å². The molecular weight excluding hydrogens is 244 g/mol. The quantitative estimate of drug-likeness (QED) is 0.533. The van der Waals surface area contributed by atoms with Crippen molar-refractivity contribution in [2.24, 2.45) is 17.8 Å². The molecule has 2 atom stereocenters. The van der Waals surface area contributed by atoms with Crippen molar-refractivity contribution in [1.82, 2.24) is 0 Å². The normalized spacial score (nSPS) is 21.4. The molecule has 1 fully saturated rings. The van der Waals surface area contributed by atoms with Crippen molar-refractivity contribution in [3.05, 3.63) is 0 Å². The predicted octanol–water partition coefficient (Wildman–Crippen LogP) is 6.65. The Bertz CT molecular complexity index is 208. The Morgan fingerprint density at radius 3 is 2.10 bits per heavy atom. The molecule has 0 N–H and O–H groups in total. The Kier molecular flexibility index (Phi) is 16.5. The SMILES string of the molecule is CC.CC.CCC1CCCC(CCC(=O)CC(C)C)C1. The molecule has 0 aromatic rings. The van der Waals surface area contributed by atoms with Gasteiger partial charge in [0.15, 0.2) is 0 Å². The summed E-state index contributed by atoms with van der Waals surface area (Å²) in [6.45, 7) is 14.6. The molecule has 0 aliphatic heterocycles. The largest absolute Gasteiger partial charge is 0.300 e. The molecule has 1 aliphatic rings.